The highest BCUT2D eigenvalue weighted by Gasteiger charge is 2.27. The molecule has 1 atom stereocenters. The lowest BCUT2D eigenvalue weighted by molar-refractivity contribution is -0.125. The lowest BCUT2D eigenvalue weighted by atomic mass is 9.90. The molecule has 0 fully saturated rings. The van der Waals surface area contributed by atoms with Gasteiger partial charge in [-0.25, -0.2) is 4.98 Å². The number of aromatic nitrogens is 3. The molecule has 0 spiro atoms. The molecule has 4 rings (SSSR count). The van der Waals surface area contributed by atoms with Gasteiger partial charge >= 0.3 is 0 Å². The Kier molecular flexibility index (Phi) is 4.52. The smallest absolute Gasteiger partial charge is 0.223 e. The Labute approximate surface area is 150 Å². The minimum Gasteiger partial charge on any atom is -0.350 e. The molecule has 1 amide bonds. The van der Waals surface area contributed by atoms with Crippen LogP contribution in [0.1, 0.15) is 22.7 Å². The Morgan fingerprint density at radius 1 is 1.20 bits per heavy atom. The first-order valence-corrected chi connectivity index (χ1v) is 9.18. The lowest BCUT2D eigenvalue weighted by Gasteiger charge is -2.20. The van der Waals surface area contributed by atoms with Crippen LogP contribution in [-0.4, -0.2) is 20.9 Å². The van der Waals surface area contributed by atoms with Gasteiger partial charge in [-0.1, -0.05) is 6.07 Å². The number of fused-ring (bicyclic) bond motifs is 1. The van der Waals surface area contributed by atoms with E-state index in [4.69, 9.17) is 4.98 Å². The molecule has 3 heterocycles. The molecule has 0 saturated carbocycles. The zero-order valence-corrected chi connectivity index (χ0v) is 14.5. The fraction of sp³-hybridized carbons (Fsp3) is 0.263. The van der Waals surface area contributed by atoms with Crippen LogP contribution in [-0.2, 0) is 24.2 Å². The lowest BCUT2D eigenvalue weighted by Crippen LogP contribution is -2.33. The van der Waals surface area contributed by atoms with Gasteiger partial charge in [0, 0.05) is 34.9 Å². The molecule has 1 aliphatic carbocycles. The van der Waals surface area contributed by atoms with Crippen molar-refractivity contribution >= 4 is 17.2 Å². The number of nitrogens with one attached hydrogen (secondary N) is 1. The summed E-state index contributed by atoms with van der Waals surface area (Å²) in [7, 11) is 0. The summed E-state index contributed by atoms with van der Waals surface area (Å²) >= 11 is 1.69. The summed E-state index contributed by atoms with van der Waals surface area (Å²) in [4.78, 5) is 26.8. The molecule has 0 bridgehead atoms. The third-order valence-corrected chi connectivity index (χ3v) is 5.58. The number of aryl methyl sites for hydroxylation is 1. The normalized spacial score (nSPS) is 16.2. The van der Waals surface area contributed by atoms with Crippen molar-refractivity contribution in [1.82, 2.24) is 20.3 Å². The molecule has 0 radical (unpaired) electrons. The number of nitrogens with zero attached hydrogens (tertiary/aromatic N) is 3. The van der Waals surface area contributed by atoms with Gasteiger partial charge in [0.2, 0.25) is 5.91 Å². The Morgan fingerprint density at radius 2 is 2.08 bits per heavy atom. The van der Waals surface area contributed by atoms with Crippen LogP contribution in [0.3, 0.4) is 0 Å². The molecule has 0 aromatic carbocycles. The van der Waals surface area contributed by atoms with Gasteiger partial charge in [0.25, 0.3) is 0 Å². The van der Waals surface area contributed by atoms with Gasteiger partial charge in [-0.05, 0) is 43.5 Å². The number of carbonyl (C=O) groups is 1. The summed E-state index contributed by atoms with van der Waals surface area (Å²) in [5.41, 5.74) is 3.11. The molecule has 1 aliphatic rings. The number of amides is 1. The number of hydrogen-bond acceptors (Lipinski definition) is 5. The van der Waals surface area contributed by atoms with E-state index < -0.39 is 0 Å². The number of hydrogen-bond donors (Lipinski definition) is 1. The van der Waals surface area contributed by atoms with E-state index in [-0.39, 0.29) is 11.8 Å². The third kappa shape index (κ3) is 3.58. The molecular formula is C19H18N4OS. The predicted octanol–water partition coefficient (Wildman–Crippen LogP) is 3.02. The van der Waals surface area contributed by atoms with Crippen molar-refractivity contribution in [1.29, 1.82) is 0 Å². The van der Waals surface area contributed by atoms with Gasteiger partial charge in [-0.3, -0.25) is 14.8 Å². The Morgan fingerprint density at radius 3 is 2.88 bits per heavy atom. The van der Waals surface area contributed by atoms with Gasteiger partial charge in [0.15, 0.2) is 0 Å². The number of rotatable bonds is 4. The largest absolute Gasteiger partial charge is 0.350 e. The van der Waals surface area contributed by atoms with Crippen LogP contribution in [0.5, 0.6) is 0 Å². The average molecular weight is 350 g/mol. The van der Waals surface area contributed by atoms with Crippen molar-refractivity contribution < 1.29 is 4.79 Å². The highest BCUT2D eigenvalue weighted by Crippen LogP contribution is 2.34. The summed E-state index contributed by atoms with van der Waals surface area (Å²) in [5.74, 6) is 0.122. The van der Waals surface area contributed by atoms with Crippen molar-refractivity contribution in [2.45, 2.75) is 25.8 Å². The van der Waals surface area contributed by atoms with E-state index in [9.17, 15) is 4.79 Å². The molecule has 3 aromatic rings. The second-order valence-electron chi connectivity index (χ2n) is 6.10. The van der Waals surface area contributed by atoms with Gasteiger partial charge in [0.05, 0.1) is 17.9 Å². The SMILES string of the molecule is O=C(NCc1ccccn1)C1CCc2nc(-c3ccncc3)sc2C1. The number of thiazole rings is 1. The van der Waals surface area contributed by atoms with Crippen molar-refractivity contribution in [3.05, 3.63) is 65.2 Å². The highest BCUT2D eigenvalue weighted by atomic mass is 32.1. The zero-order chi connectivity index (χ0) is 17.1. The highest BCUT2D eigenvalue weighted by molar-refractivity contribution is 7.15. The monoisotopic (exact) mass is 350 g/mol. The topological polar surface area (TPSA) is 67.8 Å². The van der Waals surface area contributed by atoms with Crippen molar-refractivity contribution in [2.75, 3.05) is 0 Å². The molecule has 5 nitrogen and oxygen atoms in total. The summed E-state index contributed by atoms with van der Waals surface area (Å²) in [6.45, 7) is 0.480. The second kappa shape index (κ2) is 7.11. The fourth-order valence-corrected chi connectivity index (χ4v) is 4.23. The Hall–Kier alpha value is -2.60. The maximum absolute atomic E-state index is 12.5. The average Bonchev–Trinajstić information content (AvgIpc) is 3.11. The van der Waals surface area contributed by atoms with Gasteiger partial charge in [-0.15, -0.1) is 11.3 Å². The van der Waals surface area contributed by atoms with Crippen molar-refractivity contribution in [2.24, 2.45) is 5.92 Å². The molecule has 126 valence electrons. The Balaban J connectivity index is 1.42. The van der Waals surface area contributed by atoms with E-state index in [1.165, 1.54) is 4.88 Å². The minimum atomic E-state index is 0.0157. The molecular weight excluding hydrogens is 332 g/mol. The van der Waals surface area contributed by atoms with Crippen molar-refractivity contribution in [3.8, 4) is 10.6 Å². The Bertz CT molecular complexity index is 864. The van der Waals surface area contributed by atoms with E-state index in [0.717, 1.165) is 41.2 Å². The van der Waals surface area contributed by atoms with Crippen LogP contribution in [0.4, 0.5) is 0 Å². The van der Waals surface area contributed by atoms with Crippen LogP contribution in [0, 0.1) is 5.92 Å². The summed E-state index contributed by atoms with van der Waals surface area (Å²) < 4.78 is 0. The molecule has 0 saturated heterocycles. The van der Waals surface area contributed by atoms with E-state index >= 15 is 0 Å². The van der Waals surface area contributed by atoms with Gasteiger partial charge in [-0.2, -0.15) is 0 Å². The van der Waals surface area contributed by atoms with Crippen LogP contribution in [0.25, 0.3) is 10.6 Å². The standard InChI is InChI=1S/C19H18N4OS/c24-18(22-12-15-3-1-2-8-21-15)14-4-5-16-17(11-14)25-19(23-16)13-6-9-20-10-7-13/h1-3,6-10,14H,4-5,11-12H2,(H,22,24). The maximum atomic E-state index is 12.5. The van der Waals surface area contributed by atoms with E-state index in [0.29, 0.717) is 6.54 Å². The molecule has 6 heteroatoms. The van der Waals surface area contributed by atoms with Crippen LogP contribution in [0.15, 0.2) is 48.9 Å². The second-order valence-corrected chi connectivity index (χ2v) is 7.19. The number of carbonyl (C=O) groups excluding carboxylic acids is 1. The first-order chi connectivity index (χ1) is 12.3. The predicted molar refractivity (Wildman–Crippen MR) is 96.9 cm³/mol. The van der Waals surface area contributed by atoms with Crippen LogP contribution >= 0.6 is 11.3 Å². The van der Waals surface area contributed by atoms with Crippen LogP contribution < -0.4 is 5.32 Å². The van der Waals surface area contributed by atoms with Gasteiger partial charge in [0.1, 0.15) is 5.01 Å². The summed E-state index contributed by atoms with van der Waals surface area (Å²) in [6.07, 6.45) is 7.78. The van der Waals surface area contributed by atoms with E-state index in [1.807, 2.05) is 30.3 Å². The molecule has 25 heavy (non-hydrogen) atoms. The van der Waals surface area contributed by atoms with E-state index in [1.54, 1.807) is 29.9 Å². The van der Waals surface area contributed by atoms with Crippen LogP contribution in [0.2, 0.25) is 0 Å². The third-order valence-electron chi connectivity index (χ3n) is 4.41. The number of pyridine rings is 2. The quantitative estimate of drug-likeness (QED) is 0.785. The molecule has 0 aliphatic heterocycles. The minimum absolute atomic E-state index is 0.0157. The fourth-order valence-electron chi connectivity index (χ4n) is 3.04. The summed E-state index contributed by atoms with van der Waals surface area (Å²) in [6, 6.07) is 9.67. The molecule has 1 unspecified atom stereocenters. The summed E-state index contributed by atoms with van der Waals surface area (Å²) in [5, 5.41) is 4.03. The van der Waals surface area contributed by atoms with E-state index in [2.05, 4.69) is 15.3 Å². The maximum Gasteiger partial charge on any atom is 0.223 e. The molecule has 3 aromatic heterocycles. The van der Waals surface area contributed by atoms with Gasteiger partial charge < -0.3 is 5.32 Å². The zero-order valence-electron chi connectivity index (χ0n) is 13.7. The molecule has 1 N–H and O–H groups in total. The van der Waals surface area contributed by atoms with Crippen molar-refractivity contribution in [3.63, 3.8) is 0 Å². The first kappa shape index (κ1) is 15.9. The first-order valence-electron chi connectivity index (χ1n) is 8.36.